The van der Waals surface area contributed by atoms with Crippen molar-refractivity contribution in [2.75, 3.05) is 13.1 Å². The predicted octanol–water partition coefficient (Wildman–Crippen LogP) is 2.72. The van der Waals surface area contributed by atoms with E-state index in [2.05, 4.69) is 15.2 Å². The highest BCUT2D eigenvalue weighted by Gasteiger charge is 2.27. The van der Waals surface area contributed by atoms with Crippen LogP contribution in [-0.2, 0) is 0 Å². The molecular weight excluding hydrogens is 318 g/mol. The van der Waals surface area contributed by atoms with Crippen LogP contribution in [0.4, 0.5) is 0 Å². The molecule has 1 atom stereocenters. The fourth-order valence-corrected chi connectivity index (χ4v) is 3.17. The zero-order valence-corrected chi connectivity index (χ0v) is 14.0. The fourth-order valence-electron chi connectivity index (χ4n) is 3.17. The van der Waals surface area contributed by atoms with Gasteiger partial charge in [0.15, 0.2) is 11.5 Å². The van der Waals surface area contributed by atoms with Gasteiger partial charge in [-0.3, -0.25) is 14.5 Å². The van der Waals surface area contributed by atoms with E-state index >= 15 is 0 Å². The van der Waals surface area contributed by atoms with E-state index in [1.165, 1.54) is 0 Å². The maximum absolute atomic E-state index is 12.8. The zero-order chi connectivity index (χ0) is 17.2. The Morgan fingerprint density at radius 3 is 3.04 bits per heavy atom. The quantitative estimate of drug-likeness (QED) is 0.734. The van der Waals surface area contributed by atoms with Crippen LogP contribution in [0.3, 0.4) is 0 Å². The number of amides is 1. The van der Waals surface area contributed by atoms with Gasteiger partial charge in [0.05, 0.1) is 12.2 Å². The van der Waals surface area contributed by atoms with Crippen LogP contribution in [0.25, 0.3) is 11.3 Å². The first-order valence-corrected chi connectivity index (χ1v) is 8.38. The topological polar surface area (TPSA) is 77.0 Å². The third kappa shape index (κ3) is 3.17. The minimum atomic E-state index is -0.104. The molecule has 3 aromatic rings. The molecule has 0 spiro atoms. The molecule has 0 saturated carbocycles. The van der Waals surface area contributed by atoms with Crippen LogP contribution in [0, 0.1) is 6.92 Å². The van der Waals surface area contributed by atoms with Gasteiger partial charge >= 0.3 is 0 Å². The summed E-state index contributed by atoms with van der Waals surface area (Å²) in [7, 11) is 0. The molecule has 128 valence electrons. The minimum Gasteiger partial charge on any atom is -0.355 e. The molecule has 7 heteroatoms. The highest BCUT2D eigenvalue weighted by molar-refractivity contribution is 5.93. The Hall–Kier alpha value is -2.96. The van der Waals surface area contributed by atoms with Gasteiger partial charge < -0.3 is 9.42 Å². The highest BCUT2D eigenvalue weighted by atomic mass is 16.5. The van der Waals surface area contributed by atoms with Gasteiger partial charge in [0.1, 0.15) is 0 Å². The summed E-state index contributed by atoms with van der Waals surface area (Å²) in [5.41, 5.74) is 2.26. The van der Waals surface area contributed by atoms with Crippen molar-refractivity contribution < 1.29 is 9.32 Å². The van der Waals surface area contributed by atoms with Gasteiger partial charge in [-0.25, -0.2) is 0 Å². The van der Waals surface area contributed by atoms with Crippen molar-refractivity contribution in [3.63, 3.8) is 0 Å². The molecule has 0 radical (unpaired) electrons. The Morgan fingerprint density at radius 1 is 1.36 bits per heavy atom. The van der Waals surface area contributed by atoms with Crippen molar-refractivity contribution in [1.82, 2.24) is 24.8 Å². The lowest BCUT2D eigenvalue weighted by Crippen LogP contribution is -2.41. The number of carbonyl (C=O) groups excluding carboxylic acids is 1. The van der Waals surface area contributed by atoms with Gasteiger partial charge in [0.2, 0.25) is 0 Å². The van der Waals surface area contributed by atoms with Crippen LogP contribution in [0.5, 0.6) is 0 Å². The Balaban J connectivity index is 1.50. The van der Waals surface area contributed by atoms with Crippen molar-refractivity contribution in [2.24, 2.45) is 0 Å². The highest BCUT2D eigenvalue weighted by Crippen LogP contribution is 2.24. The number of aromatic nitrogens is 4. The first-order valence-electron chi connectivity index (χ1n) is 8.38. The number of nitrogens with zero attached hydrogens (tertiary/aromatic N) is 5. The van der Waals surface area contributed by atoms with Gasteiger partial charge in [0.25, 0.3) is 5.91 Å². The van der Waals surface area contributed by atoms with Crippen molar-refractivity contribution in [3.8, 4) is 11.3 Å². The van der Waals surface area contributed by atoms with Crippen LogP contribution < -0.4 is 0 Å². The van der Waals surface area contributed by atoms with Crippen LogP contribution in [-0.4, -0.2) is 43.8 Å². The third-order valence-corrected chi connectivity index (χ3v) is 4.46. The standard InChI is InChI=1S/C18H19N5O2/c1-13-9-20-23(11-13)15-5-3-7-22(12-15)18(24)16-8-17(25-21-16)14-4-2-6-19-10-14/h2,4,6,8-11,15H,3,5,7,12H2,1H3. The number of rotatable bonds is 3. The van der Waals surface area contributed by atoms with Crippen molar-refractivity contribution >= 4 is 5.91 Å². The maximum Gasteiger partial charge on any atom is 0.276 e. The normalized spacial score (nSPS) is 17.6. The number of hydrogen-bond donors (Lipinski definition) is 0. The average molecular weight is 337 g/mol. The number of piperidine rings is 1. The monoisotopic (exact) mass is 337 g/mol. The lowest BCUT2D eigenvalue weighted by Gasteiger charge is -2.32. The third-order valence-electron chi connectivity index (χ3n) is 4.46. The van der Waals surface area contributed by atoms with Crippen LogP contribution in [0.1, 0.15) is 34.9 Å². The summed E-state index contributed by atoms with van der Waals surface area (Å²) in [5.74, 6) is 0.445. The Kier molecular flexibility index (Phi) is 4.05. The molecule has 1 unspecified atom stereocenters. The second kappa shape index (κ2) is 6.51. The van der Waals surface area contributed by atoms with E-state index in [1.807, 2.05) is 41.0 Å². The molecule has 4 heterocycles. The van der Waals surface area contributed by atoms with Gasteiger partial charge in [-0.15, -0.1) is 0 Å². The molecule has 7 nitrogen and oxygen atoms in total. The summed E-state index contributed by atoms with van der Waals surface area (Å²) in [6.07, 6.45) is 9.21. The molecule has 3 aromatic heterocycles. The number of pyridine rings is 1. The molecule has 1 aliphatic heterocycles. The molecule has 1 amide bonds. The van der Waals surface area contributed by atoms with Gasteiger partial charge in [0, 0.05) is 43.3 Å². The molecule has 0 aromatic carbocycles. The molecule has 1 fully saturated rings. The van der Waals surface area contributed by atoms with E-state index in [4.69, 9.17) is 4.52 Å². The number of carbonyl (C=O) groups is 1. The molecule has 25 heavy (non-hydrogen) atoms. The molecule has 0 aliphatic carbocycles. The summed E-state index contributed by atoms with van der Waals surface area (Å²) in [6, 6.07) is 5.58. The molecule has 4 rings (SSSR count). The van der Waals surface area contributed by atoms with E-state index in [0.717, 1.165) is 30.5 Å². The first-order chi connectivity index (χ1) is 12.2. The zero-order valence-electron chi connectivity index (χ0n) is 14.0. The van der Waals surface area contributed by atoms with Gasteiger partial charge in [-0.2, -0.15) is 5.10 Å². The number of likely N-dealkylation sites (tertiary alicyclic amines) is 1. The Labute approximate surface area is 145 Å². The van der Waals surface area contributed by atoms with E-state index in [9.17, 15) is 4.79 Å². The molecule has 0 N–H and O–H groups in total. The second-order valence-corrected chi connectivity index (χ2v) is 6.36. The summed E-state index contributed by atoms with van der Waals surface area (Å²) >= 11 is 0. The summed E-state index contributed by atoms with van der Waals surface area (Å²) in [6.45, 7) is 3.38. The molecule has 1 saturated heterocycles. The summed E-state index contributed by atoms with van der Waals surface area (Å²) in [5, 5.41) is 8.34. The molecule has 1 aliphatic rings. The SMILES string of the molecule is Cc1cnn(C2CCCN(C(=O)c3cc(-c4cccnc4)on3)C2)c1. The van der Waals surface area contributed by atoms with Crippen molar-refractivity contribution in [1.29, 1.82) is 0 Å². The average Bonchev–Trinajstić information content (AvgIpc) is 3.31. The smallest absolute Gasteiger partial charge is 0.276 e. The largest absolute Gasteiger partial charge is 0.355 e. The van der Waals surface area contributed by atoms with E-state index in [1.54, 1.807) is 18.5 Å². The van der Waals surface area contributed by atoms with E-state index in [0.29, 0.717) is 18.0 Å². The van der Waals surface area contributed by atoms with Crippen LogP contribution >= 0.6 is 0 Å². The predicted molar refractivity (Wildman–Crippen MR) is 90.9 cm³/mol. The number of hydrogen-bond acceptors (Lipinski definition) is 5. The Morgan fingerprint density at radius 2 is 2.28 bits per heavy atom. The lowest BCUT2D eigenvalue weighted by atomic mass is 10.1. The fraction of sp³-hybridized carbons (Fsp3) is 0.333. The van der Waals surface area contributed by atoms with Crippen LogP contribution in [0.15, 0.2) is 47.5 Å². The van der Waals surface area contributed by atoms with Crippen molar-refractivity contribution in [2.45, 2.75) is 25.8 Å². The maximum atomic E-state index is 12.8. The molecule has 0 bridgehead atoms. The van der Waals surface area contributed by atoms with Crippen LogP contribution in [0.2, 0.25) is 0 Å². The second-order valence-electron chi connectivity index (χ2n) is 6.36. The van der Waals surface area contributed by atoms with Gasteiger partial charge in [-0.05, 0) is 37.5 Å². The minimum absolute atomic E-state index is 0.104. The van der Waals surface area contributed by atoms with Crippen molar-refractivity contribution in [3.05, 3.63) is 54.2 Å². The van der Waals surface area contributed by atoms with E-state index < -0.39 is 0 Å². The first kappa shape index (κ1) is 15.6. The van der Waals surface area contributed by atoms with E-state index in [-0.39, 0.29) is 11.9 Å². The summed E-state index contributed by atoms with van der Waals surface area (Å²) < 4.78 is 7.28. The molecular formula is C18H19N5O2. The lowest BCUT2D eigenvalue weighted by molar-refractivity contribution is 0.0662. The Bertz CT molecular complexity index is 870. The van der Waals surface area contributed by atoms with Gasteiger partial charge in [-0.1, -0.05) is 5.16 Å². The number of aryl methyl sites for hydroxylation is 1. The summed E-state index contributed by atoms with van der Waals surface area (Å²) in [4.78, 5) is 18.7.